The van der Waals surface area contributed by atoms with Crippen molar-refractivity contribution < 1.29 is 19.8 Å². The second-order valence-corrected chi connectivity index (χ2v) is 11.7. The number of nitrogens with one attached hydrogen (secondary N) is 3. The molecule has 4 atom stereocenters. The Kier molecular flexibility index (Phi) is 14.0. The standard InChI is InChI=1S/C32H52N4O4/c1-3-4-5-6-7-8-9-10-15-26(38)23-36(22-24(2)37)19-14-13-18-29-31(39)35-30(32(40)34-29)20-25-21-33-28-17-12-11-16-27(25)28/h11-12,16-17,21,24,26,29-30,33,37-38H,3-10,13-15,18-20,22-23H2,1-2H3,(H,34,40)(H,35,39). The van der Waals surface area contributed by atoms with Crippen LogP contribution in [0.4, 0.5) is 0 Å². The van der Waals surface area contributed by atoms with E-state index >= 15 is 0 Å². The van der Waals surface area contributed by atoms with Crippen LogP contribution in [0.5, 0.6) is 0 Å². The zero-order chi connectivity index (χ0) is 28.7. The van der Waals surface area contributed by atoms with E-state index in [1.54, 1.807) is 6.92 Å². The summed E-state index contributed by atoms with van der Waals surface area (Å²) in [6.07, 6.45) is 14.4. The van der Waals surface area contributed by atoms with Crippen molar-refractivity contribution in [3.8, 4) is 0 Å². The summed E-state index contributed by atoms with van der Waals surface area (Å²) in [6.45, 7) is 5.82. The van der Waals surface area contributed by atoms with Crippen molar-refractivity contribution in [3.05, 3.63) is 36.0 Å². The highest BCUT2D eigenvalue weighted by Crippen LogP contribution is 2.20. The van der Waals surface area contributed by atoms with Crippen LogP contribution in [-0.2, 0) is 16.0 Å². The SMILES string of the molecule is CCCCCCCCCCC(O)CN(CCCCC1NC(=O)C(Cc2c[nH]c3ccccc23)NC1=O)CC(C)O. The van der Waals surface area contributed by atoms with Crippen LogP contribution in [0.25, 0.3) is 10.9 Å². The number of rotatable bonds is 20. The molecule has 8 heteroatoms. The zero-order valence-corrected chi connectivity index (χ0v) is 24.7. The molecule has 0 aliphatic carbocycles. The molecular weight excluding hydrogens is 504 g/mol. The monoisotopic (exact) mass is 556 g/mol. The molecule has 3 rings (SSSR count). The van der Waals surface area contributed by atoms with E-state index in [0.29, 0.717) is 25.9 Å². The molecule has 40 heavy (non-hydrogen) atoms. The number of aliphatic hydroxyl groups is 2. The number of H-pyrrole nitrogens is 1. The van der Waals surface area contributed by atoms with Gasteiger partial charge in [0.15, 0.2) is 0 Å². The van der Waals surface area contributed by atoms with E-state index in [9.17, 15) is 19.8 Å². The van der Waals surface area contributed by atoms with E-state index in [-0.39, 0.29) is 11.8 Å². The molecule has 1 aliphatic heterocycles. The number of piperazine rings is 1. The van der Waals surface area contributed by atoms with Crippen molar-refractivity contribution in [3.63, 3.8) is 0 Å². The summed E-state index contributed by atoms with van der Waals surface area (Å²) in [5, 5.41) is 27.4. The first-order valence-corrected chi connectivity index (χ1v) is 15.6. The van der Waals surface area contributed by atoms with Gasteiger partial charge < -0.3 is 25.8 Å². The van der Waals surface area contributed by atoms with Gasteiger partial charge in [-0.15, -0.1) is 0 Å². The molecule has 0 spiro atoms. The fourth-order valence-corrected chi connectivity index (χ4v) is 5.76. The van der Waals surface area contributed by atoms with E-state index in [0.717, 1.165) is 55.1 Å². The topological polar surface area (TPSA) is 118 Å². The number of unbranched alkanes of at least 4 members (excludes halogenated alkanes) is 8. The van der Waals surface area contributed by atoms with E-state index in [1.165, 1.54) is 38.5 Å². The lowest BCUT2D eigenvalue weighted by Crippen LogP contribution is -2.62. The van der Waals surface area contributed by atoms with Crippen LogP contribution in [0.15, 0.2) is 30.5 Å². The van der Waals surface area contributed by atoms with Gasteiger partial charge in [0, 0.05) is 36.6 Å². The first-order chi connectivity index (χ1) is 19.4. The highest BCUT2D eigenvalue weighted by Gasteiger charge is 2.33. The van der Waals surface area contributed by atoms with Crippen molar-refractivity contribution in [2.75, 3.05) is 19.6 Å². The van der Waals surface area contributed by atoms with Crippen LogP contribution in [0.1, 0.15) is 96.5 Å². The molecule has 0 radical (unpaired) electrons. The minimum atomic E-state index is -0.577. The molecule has 0 saturated carbocycles. The number of aromatic amines is 1. The number of carbonyl (C=O) groups is 2. The van der Waals surface area contributed by atoms with Gasteiger partial charge in [0.2, 0.25) is 11.8 Å². The van der Waals surface area contributed by atoms with Crippen molar-refractivity contribution >= 4 is 22.7 Å². The van der Waals surface area contributed by atoms with Crippen LogP contribution >= 0.6 is 0 Å². The second kappa shape index (κ2) is 17.4. The van der Waals surface area contributed by atoms with Gasteiger partial charge in [-0.25, -0.2) is 0 Å². The minimum absolute atomic E-state index is 0.133. The lowest BCUT2D eigenvalue weighted by molar-refractivity contribution is -0.136. The fourth-order valence-electron chi connectivity index (χ4n) is 5.76. The number of para-hydroxylation sites is 1. The van der Waals surface area contributed by atoms with Crippen LogP contribution in [0, 0.1) is 0 Å². The van der Waals surface area contributed by atoms with Crippen molar-refractivity contribution in [2.45, 2.75) is 122 Å². The number of fused-ring (bicyclic) bond motifs is 1. The maximum absolute atomic E-state index is 12.8. The van der Waals surface area contributed by atoms with Gasteiger partial charge in [0.05, 0.1) is 12.2 Å². The molecular formula is C32H52N4O4. The number of nitrogens with zero attached hydrogens (tertiary/aromatic N) is 1. The van der Waals surface area contributed by atoms with E-state index in [4.69, 9.17) is 0 Å². The summed E-state index contributed by atoms with van der Waals surface area (Å²) in [5.74, 6) is -0.277. The molecule has 5 N–H and O–H groups in total. The third-order valence-electron chi connectivity index (χ3n) is 7.96. The number of carbonyl (C=O) groups excluding carboxylic acids is 2. The first kappa shape index (κ1) is 32.1. The number of hydrogen-bond acceptors (Lipinski definition) is 5. The Bertz CT molecular complexity index is 1020. The molecule has 1 aliphatic rings. The molecule has 1 aromatic heterocycles. The number of aliphatic hydroxyl groups excluding tert-OH is 2. The third kappa shape index (κ3) is 10.9. The predicted octanol–water partition coefficient (Wildman–Crippen LogP) is 4.44. The summed E-state index contributed by atoms with van der Waals surface area (Å²) in [7, 11) is 0. The van der Waals surface area contributed by atoms with Crippen molar-refractivity contribution in [2.24, 2.45) is 0 Å². The fraction of sp³-hybridized carbons (Fsp3) is 0.688. The van der Waals surface area contributed by atoms with Gasteiger partial charge in [0.1, 0.15) is 12.1 Å². The van der Waals surface area contributed by atoms with E-state index in [1.807, 2.05) is 30.5 Å². The molecule has 1 saturated heterocycles. The normalized spacial score (nSPS) is 19.1. The number of amides is 2. The maximum atomic E-state index is 12.8. The lowest BCUT2D eigenvalue weighted by atomic mass is 9.99. The molecule has 8 nitrogen and oxygen atoms in total. The summed E-state index contributed by atoms with van der Waals surface area (Å²) in [6, 6.07) is 6.84. The van der Waals surface area contributed by atoms with Crippen LogP contribution in [0.2, 0.25) is 0 Å². The summed E-state index contributed by atoms with van der Waals surface area (Å²) in [5.41, 5.74) is 2.03. The Morgan fingerprint density at radius 2 is 1.52 bits per heavy atom. The van der Waals surface area contributed by atoms with Crippen LogP contribution < -0.4 is 10.6 Å². The van der Waals surface area contributed by atoms with Crippen LogP contribution in [0.3, 0.4) is 0 Å². The number of aromatic nitrogens is 1. The smallest absolute Gasteiger partial charge is 0.243 e. The van der Waals surface area contributed by atoms with Gasteiger partial charge in [-0.2, -0.15) is 0 Å². The second-order valence-electron chi connectivity index (χ2n) is 11.7. The van der Waals surface area contributed by atoms with E-state index in [2.05, 4.69) is 27.4 Å². The Morgan fingerprint density at radius 3 is 2.27 bits per heavy atom. The first-order valence-electron chi connectivity index (χ1n) is 15.6. The van der Waals surface area contributed by atoms with Crippen LogP contribution in [-0.4, -0.2) is 75.8 Å². The Hall–Kier alpha value is -2.42. The Labute approximate surface area is 240 Å². The summed E-state index contributed by atoms with van der Waals surface area (Å²) < 4.78 is 0. The molecule has 224 valence electrons. The van der Waals surface area contributed by atoms with Crippen molar-refractivity contribution in [1.82, 2.24) is 20.5 Å². The van der Waals surface area contributed by atoms with Gasteiger partial charge in [-0.05, 0) is 50.8 Å². The Balaban J connectivity index is 1.34. The molecule has 4 unspecified atom stereocenters. The average molecular weight is 557 g/mol. The molecule has 2 amide bonds. The van der Waals surface area contributed by atoms with Crippen molar-refractivity contribution in [1.29, 1.82) is 0 Å². The molecule has 1 fully saturated rings. The van der Waals surface area contributed by atoms with Gasteiger partial charge in [0.25, 0.3) is 0 Å². The molecule has 0 bridgehead atoms. The number of hydrogen-bond donors (Lipinski definition) is 5. The Morgan fingerprint density at radius 1 is 0.850 bits per heavy atom. The molecule has 1 aromatic carbocycles. The predicted molar refractivity (Wildman–Crippen MR) is 161 cm³/mol. The summed E-state index contributed by atoms with van der Waals surface area (Å²) >= 11 is 0. The lowest BCUT2D eigenvalue weighted by Gasteiger charge is -2.30. The largest absolute Gasteiger partial charge is 0.392 e. The zero-order valence-electron chi connectivity index (χ0n) is 24.7. The van der Waals surface area contributed by atoms with Gasteiger partial charge >= 0.3 is 0 Å². The number of benzene rings is 1. The minimum Gasteiger partial charge on any atom is -0.392 e. The highest BCUT2D eigenvalue weighted by molar-refractivity contribution is 5.97. The maximum Gasteiger partial charge on any atom is 0.243 e. The highest BCUT2D eigenvalue weighted by atomic mass is 16.3. The molecule has 2 heterocycles. The summed E-state index contributed by atoms with van der Waals surface area (Å²) in [4.78, 5) is 30.9. The average Bonchev–Trinajstić information content (AvgIpc) is 3.33. The van der Waals surface area contributed by atoms with Gasteiger partial charge in [-0.1, -0.05) is 76.5 Å². The van der Waals surface area contributed by atoms with E-state index < -0.39 is 24.3 Å². The quantitative estimate of drug-likeness (QED) is 0.155. The van der Waals surface area contributed by atoms with Gasteiger partial charge in [-0.3, -0.25) is 14.5 Å². The molecule has 2 aromatic rings. The third-order valence-corrected chi connectivity index (χ3v) is 7.96.